The number of rotatable bonds is 4. The molecule has 4 aromatic rings. The Balaban J connectivity index is 1.46. The smallest absolute Gasteiger partial charge is 0.179 e. The molecule has 9 heteroatoms. The number of aromatic amines is 1. The van der Waals surface area contributed by atoms with E-state index in [9.17, 15) is 0 Å². The fourth-order valence-corrected chi connectivity index (χ4v) is 4.32. The quantitative estimate of drug-likeness (QED) is 0.564. The van der Waals surface area contributed by atoms with Gasteiger partial charge < -0.3 is 10.3 Å². The molecule has 2 N–H and O–H groups in total. The zero-order valence-electron chi connectivity index (χ0n) is 15.4. The van der Waals surface area contributed by atoms with Crippen LogP contribution in [-0.2, 0) is 0 Å². The minimum Gasteiger partial charge on any atom is -0.366 e. The maximum atomic E-state index is 8.87. The van der Waals surface area contributed by atoms with E-state index in [1.165, 1.54) is 6.20 Å². The molecule has 1 saturated carbocycles. The third kappa shape index (κ3) is 2.65. The molecule has 0 bridgehead atoms. The summed E-state index contributed by atoms with van der Waals surface area (Å²) in [6, 6.07) is 4.28. The summed E-state index contributed by atoms with van der Waals surface area (Å²) in [4.78, 5) is 15.9. The molecular weight excluding hydrogens is 354 g/mol. The lowest BCUT2D eigenvalue weighted by atomic mass is 9.93. The van der Waals surface area contributed by atoms with E-state index < -0.39 is 0 Å². The fourth-order valence-electron chi connectivity index (χ4n) is 4.32. The molecule has 1 aliphatic carbocycles. The molecule has 3 atom stereocenters. The molecule has 0 radical (unpaired) electrons. The van der Waals surface area contributed by atoms with E-state index in [2.05, 4.69) is 46.8 Å². The van der Waals surface area contributed by atoms with Gasteiger partial charge in [0.15, 0.2) is 17.0 Å². The van der Waals surface area contributed by atoms with Gasteiger partial charge in [-0.25, -0.2) is 15.0 Å². The Hall–Kier alpha value is -3.54. The Morgan fingerprint density at radius 1 is 1.21 bits per heavy atom. The molecule has 0 aliphatic heterocycles. The van der Waals surface area contributed by atoms with Crippen LogP contribution in [0.3, 0.4) is 0 Å². The Kier molecular flexibility index (Phi) is 3.90. The molecule has 5 rings (SSSR count). The fraction of sp³-hybridized carbons (Fsp3) is 0.368. The number of aromatic nitrogens is 7. The lowest BCUT2D eigenvalue weighted by molar-refractivity contribution is 0.451. The highest BCUT2D eigenvalue weighted by atomic mass is 15.3. The van der Waals surface area contributed by atoms with E-state index in [0.29, 0.717) is 23.3 Å². The third-order valence-corrected chi connectivity index (χ3v) is 5.64. The van der Waals surface area contributed by atoms with Crippen LogP contribution >= 0.6 is 0 Å². The van der Waals surface area contributed by atoms with Crippen molar-refractivity contribution in [3.63, 3.8) is 0 Å². The van der Waals surface area contributed by atoms with E-state index in [0.717, 1.165) is 41.9 Å². The first-order valence-electron chi connectivity index (χ1n) is 9.42. The summed E-state index contributed by atoms with van der Waals surface area (Å²) in [6.07, 6.45) is 9.79. The van der Waals surface area contributed by atoms with E-state index >= 15 is 0 Å². The second-order valence-electron chi connectivity index (χ2n) is 7.21. The highest BCUT2D eigenvalue weighted by Gasteiger charge is 2.37. The van der Waals surface area contributed by atoms with Crippen LogP contribution in [0.5, 0.6) is 0 Å². The monoisotopic (exact) mass is 373 g/mol. The minimum absolute atomic E-state index is 0.271. The summed E-state index contributed by atoms with van der Waals surface area (Å²) in [7, 11) is 0. The van der Waals surface area contributed by atoms with Gasteiger partial charge in [-0.3, -0.25) is 4.40 Å². The molecule has 1 fully saturated rings. The van der Waals surface area contributed by atoms with Crippen molar-refractivity contribution < 1.29 is 0 Å². The maximum Gasteiger partial charge on any atom is 0.179 e. The SMILES string of the molecule is CC[C@@H]1C[C@H](Nc2cnc(C#N)cn2)C[C@@H]1c1nnc2cnc3[nH]ccc3n12. The molecule has 0 aromatic carbocycles. The molecule has 0 spiro atoms. The number of anilines is 1. The number of nitriles is 1. The van der Waals surface area contributed by atoms with Gasteiger partial charge in [0.25, 0.3) is 0 Å². The number of nitrogens with one attached hydrogen (secondary N) is 2. The summed E-state index contributed by atoms with van der Waals surface area (Å²) in [5.41, 5.74) is 2.93. The molecule has 0 saturated heterocycles. The molecule has 1 aliphatic rings. The number of nitrogens with zero attached hydrogens (tertiary/aromatic N) is 7. The van der Waals surface area contributed by atoms with Crippen molar-refractivity contribution in [3.05, 3.63) is 42.4 Å². The van der Waals surface area contributed by atoms with Crippen LogP contribution in [0.1, 0.15) is 43.6 Å². The number of fused-ring (bicyclic) bond motifs is 3. The van der Waals surface area contributed by atoms with Gasteiger partial charge in [-0.05, 0) is 24.8 Å². The Morgan fingerprint density at radius 3 is 2.93 bits per heavy atom. The maximum absolute atomic E-state index is 8.87. The van der Waals surface area contributed by atoms with Gasteiger partial charge in [-0.1, -0.05) is 13.3 Å². The lowest BCUT2D eigenvalue weighted by Crippen LogP contribution is -2.17. The van der Waals surface area contributed by atoms with Gasteiger partial charge in [0.05, 0.1) is 24.1 Å². The number of hydrogen-bond acceptors (Lipinski definition) is 7. The topological polar surface area (TPSA) is 120 Å². The Bertz CT molecular complexity index is 1170. The van der Waals surface area contributed by atoms with Gasteiger partial charge in [0.1, 0.15) is 17.7 Å². The number of hydrogen-bond donors (Lipinski definition) is 2. The van der Waals surface area contributed by atoms with Crippen molar-refractivity contribution in [2.45, 2.75) is 38.1 Å². The van der Waals surface area contributed by atoms with E-state index in [4.69, 9.17) is 5.26 Å². The first-order valence-corrected chi connectivity index (χ1v) is 9.42. The summed E-state index contributed by atoms with van der Waals surface area (Å²) in [6.45, 7) is 2.22. The summed E-state index contributed by atoms with van der Waals surface area (Å²) in [5, 5.41) is 21.2. The Morgan fingerprint density at radius 2 is 2.14 bits per heavy atom. The number of H-pyrrole nitrogens is 1. The molecule has 0 amide bonds. The van der Waals surface area contributed by atoms with E-state index in [1.807, 2.05) is 18.3 Å². The summed E-state index contributed by atoms with van der Waals surface area (Å²) < 4.78 is 2.12. The Labute approximate surface area is 160 Å². The zero-order valence-corrected chi connectivity index (χ0v) is 15.4. The second-order valence-corrected chi connectivity index (χ2v) is 7.21. The van der Waals surface area contributed by atoms with E-state index in [1.54, 1.807) is 12.4 Å². The van der Waals surface area contributed by atoms with Crippen LogP contribution in [0.2, 0.25) is 0 Å². The van der Waals surface area contributed by atoms with Crippen molar-refractivity contribution in [3.8, 4) is 6.07 Å². The first-order chi connectivity index (χ1) is 13.8. The van der Waals surface area contributed by atoms with Crippen LogP contribution in [0, 0.1) is 17.2 Å². The molecule has 4 heterocycles. The van der Waals surface area contributed by atoms with Crippen LogP contribution < -0.4 is 5.32 Å². The average Bonchev–Trinajstić information content (AvgIpc) is 3.45. The summed E-state index contributed by atoms with van der Waals surface area (Å²) >= 11 is 0. The summed E-state index contributed by atoms with van der Waals surface area (Å²) in [5.74, 6) is 2.48. The third-order valence-electron chi connectivity index (χ3n) is 5.64. The predicted octanol–water partition coefficient (Wildman–Crippen LogP) is 2.65. The van der Waals surface area contributed by atoms with Crippen LogP contribution in [-0.4, -0.2) is 40.6 Å². The highest BCUT2D eigenvalue weighted by molar-refractivity contribution is 5.74. The normalized spacial score (nSPS) is 21.9. The van der Waals surface area contributed by atoms with Crippen molar-refractivity contribution in [1.82, 2.24) is 34.5 Å². The van der Waals surface area contributed by atoms with Gasteiger partial charge in [0, 0.05) is 18.2 Å². The minimum atomic E-state index is 0.271. The lowest BCUT2D eigenvalue weighted by Gasteiger charge is -2.15. The predicted molar refractivity (Wildman–Crippen MR) is 103 cm³/mol. The highest BCUT2D eigenvalue weighted by Crippen LogP contribution is 2.42. The van der Waals surface area contributed by atoms with Crippen molar-refractivity contribution in [1.29, 1.82) is 5.26 Å². The molecule has 140 valence electrons. The van der Waals surface area contributed by atoms with Gasteiger partial charge >= 0.3 is 0 Å². The van der Waals surface area contributed by atoms with Gasteiger partial charge in [-0.2, -0.15) is 5.26 Å². The second kappa shape index (κ2) is 6.56. The van der Waals surface area contributed by atoms with Crippen LogP contribution in [0.25, 0.3) is 16.8 Å². The largest absolute Gasteiger partial charge is 0.366 e. The average molecular weight is 373 g/mol. The zero-order chi connectivity index (χ0) is 19.1. The standard InChI is InChI=1S/C19H19N9/c1-2-11-5-12(25-16-9-22-13(7-20)8-23-16)6-14(11)19-27-26-17-10-24-18-15(28(17)19)3-4-21-18/h3-4,8-12,14,21H,2,5-6H2,1H3,(H,23,25)/t11-,12+,14+/m1/s1. The molecule has 28 heavy (non-hydrogen) atoms. The van der Waals surface area contributed by atoms with E-state index in [-0.39, 0.29) is 6.04 Å². The van der Waals surface area contributed by atoms with Crippen LogP contribution in [0.4, 0.5) is 5.82 Å². The molecule has 0 unspecified atom stereocenters. The van der Waals surface area contributed by atoms with Gasteiger partial charge in [0.2, 0.25) is 0 Å². The molecule has 9 nitrogen and oxygen atoms in total. The van der Waals surface area contributed by atoms with Crippen molar-refractivity contribution in [2.75, 3.05) is 5.32 Å². The van der Waals surface area contributed by atoms with Crippen molar-refractivity contribution in [2.24, 2.45) is 5.92 Å². The van der Waals surface area contributed by atoms with Crippen LogP contribution in [0.15, 0.2) is 30.9 Å². The molecular formula is C19H19N9. The van der Waals surface area contributed by atoms with Crippen molar-refractivity contribution >= 4 is 22.6 Å². The molecule has 4 aromatic heterocycles. The van der Waals surface area contributed by atoms with Gasteiger partial charge in [-0.15, -0.1) is 10.2 Å². The first kappa shape index (κ1) is 16.6.